The molecule has 0 aromatic rings. The number of likely N-dealkylation sites (tertiary alicyclic amines) is 1. The lowest BCUT2D eigenvalue weighted by atomic mass is 9.92. The van der Waals surface area contributed by atoms with Crippen molar-refractivity contribution in [2.75, 3.05) is 13.1 Å². The van der Waals surface area contributed by atoms with Crippen LogP contribution in [0, 0.1) is 5.92 Å². The first-order valence-corrected chi connectivity index (χ1v) is 10.3. The Labute approximate surface area is 153 Å². The number of nitrogens with one attached hydrogen (secondary N) is 1. The molecule has 3 rings (SSSR count). The molecule has 3 unspecified atom stereocenters. The fourth-order valence-corrected chi connectivity index (χ4v) is 4.87. The van der Waals surface area contributed by atoms with E-state index in [1.807, 2.05) is 25.7 Å². The monoisotopic (exact) mass is 348 g/mol. The fourth-order valence-electron chi connectivity index (χ4n) is 4.87. The molecule has 0 bridgehead atoms. The molecule has 4 heteroatoms. The summed E-state index contributed by atoms with van der Waals surface area (Å²) < 4.78 is 5.65. The van der Waals surface area contributed by atoms with Crippen LogP contribution in [0.3, 0.4) is 0 Å². The summed E-state index contributed by atoms with van der Waals surface area (Å²) in [5.74, 6) is 0.590. The number of ether oxygens (including phenoxy) is 1. The number of nitrogens with zero attached hydrogens (tertiary/aromatic N) is 1. The Morgan fingerprint density at radius 3 is 2.80 bits per heavy atom. The van der Waals surface area contributed by atoms with Gasteiger partial charge in [-0.25, -0.2) is 4.79 Å². The second kappa shape index (κ2) is 8.11. The van der Waals surface area contributed by atoms with Crippen molar-refractivity contribution >= 4 is 6.09 Å². The average Bonchev–Trinajstić information content (AvgIpc) is 3.27. The molecule has 0 aromatic carbocycles. The van der Waals surface area contributed by atoms with E-state index in [1.54, 1.807) is 5.57 Å². The van der Waals surface area contributed by atoms with Gasteiger partial charge in [-0.1, -0.05) is 18.1 Å². The number of hydrogen-bond donors (Lipinski definition) is 1. The Bertz CT molecular complexity index is 495. The van der Waals surface area contributed by atoms with Crippen molar-refractivity contribution in [3.8, 4) is 0 Å². The quantitative estimate of drug-likeness (QED) is 0.736. The fraction of sp³-hybridized carbons (Fsp3) is 0.857. The summed E-state index contributed by atoms with van der Waals surface area (Å²) >= 11 is 0. The summed E-state index contributed by atoms with van der Waals surface area (Å²) in [6, 6.07) is 0.926. The van der Waals surface area contributed by atoms with Crippen molar-refractivity contribution in [3.63, 3.8) is 0 Å². The normalized spacial score (nSPS) is 30.0. The minimum absolute atomic E-state index is 0.114. The largest absolute Gasteiger partial charge is 0.444 e. The Balaban J connectivity index is 1.54. The van der Waals surface area contributed by atoms with Crippen molar-refractivity contribution in [2.24, 2.45) is 5.92 Å². The van der Waals surface area contributed by atoms with Gasteiger partial charge in [-0.2, -0.15) is 0 Å². The summed E-state index contributed by atoms with van der Waals surface area (Å²) in [4.78, 5) is 14.6. The zero-order valence-corrected chi connectivity index (χ0v) is 16.4. The van der Waals surface area contributed by atoms with E-state index in [1.165, 1.54) is 44.9 Å². The molecule has 0 radical (unpaired) electrons. The zero-order valence-electron chi connectivity index (χ0n) is 16.4. The van der Waals surface area contributed by atoms with Gasteiger partial charge in [0.15, 0.2) is 0 Å². The van der Waals surface area contributed by atoms with Crippen molar-refractivity contribution in [3.05, 3.63) is 11.6 Å². The number of amides is 1. The highest BCUT2D eigenvalue weighted by atomic mass is 16.6. The highest BCUT2D eigenvalue weighted by Crippen LogP contribution is 2.36. The van der Waals surface area contributed by atoms with E-state index in [2.05, 4.69) is 11.4 Å². The summed E-state index contributed by atoms with van der Waals surface area (Å²) in [6.45, 7) is 7.80. The van der Waals surface area contributed by atoms with Gasteiger partial charge in [0, 0.05) is 18.6 Å². The molecule has 2 fully saturated rings. The summed E-state index contributed by atoms with van der Waals surface area (Å²) in [6.07, 6.45) is 13.4. The van der Waals surface area contributed by atoms with Crippen molar-refractivity contribution in [2.45, 2.75) is 96.2 Å². The van der Waals surface area contributed by atoms with Crippen molar-refractivity contribution < 1.29 is 9.53 Å². The highest BCUT2D eigenvalue weighted by Gasteiger charge is 2.41. The molecule has 1 saturated carbocycles. The Kier molecular flexibility index (Phi) is 6.08. The molecule has 25 heavy (non-hydrogen) atoms. The minimum atomic E-state index is -0.410. The predicted octanol–water partition coefficient (Wildman–Crippen LogP) is 4.64. The Hall–Kier alpha value is -1.03. The molecule has 1 aliphatic heterocycles. The van der Waals surface area contributed by atoms with Crippen LogP contribution >= 0.6 is 0 Å². The summed E-state index contributed by atoms with van der Waals surface area (Å²) in [7, 11) is 0. The van der Waals surface area contributed by atoms with Gasteiger partial charge in [-0.05, 0) is 84.6 Å². The molecule has 4 nitrogen and oxygen atoms in total. The molecule has 3 atom stereocenters. The first kappa shape index (κ1) is 18.8. The maximum atomic E-state index is 12.6. The molecule has 1 amide bonds. The molecule has 0 aromatic heterocycles. The van der Waals surface area contributed by atoms with Crippen LogP contribution in [-0.2, 0) is 4.74 Å². The highest BCUT2D eigenvalue weighted by molar-refractivity contribution is 5.69. The van der Waals surface area contributed by atoms with E-state index < -0.39 is 5.60 Å². The standard InChI is InChI=1S/C21H36N2O2/c1-21(2,3)25-20(24)23-15-7-12-19(23)17-10-6-11-18(17)22-14-13-16-8-4-5-9-16/h8,17-19,22H,4-7,9-15H2,1-3H3. The molecule has 1 heterocycles. The van der Waals surface area contributed by atoms with E-state index >= 15 is 0 Å². The molecular weight excluding hydrogens is 312 g/mol. The van der Waals surface area contributed by atoms with E-state index in [0.29, 0.717) is 18.0 Å². The third kappa shape index (κ3) is 4.99. The van der Waals surface area contributed by atoms with Crippen LogP contribution in [0.25, 0.3) is 0 Å². The van der Waals surface area contributed by atoms with Crippen molar-refractivity contribution in [1.29, 1.82) is 0 Å². The zero-order chi connectivity index (χ0) is 17.9. The van der Waals surface area contributed by atoms with E-state index in [4.69, 9.17) is 4.74 Å². The van der Waals surface area contributed by atoms with Crippen LogP contribution in [0.5, 0.6) is 0 Å². The third-order valence-corrected chi connectivity index (χ3v) is 5.98. The van der Waals surface area contributed by atoms with Gasteiger partial charge in [0.2, 0.25) is 0 Å². The van der Waals surface area contributed by atoms with E-state index in [9.17, 15) is 4.79 Å². The molecule has 2 aliphatic carbocycles. The Morgan fingerprint density at radius 2 is 2.08 bits per heavy atom. The predicted molar refractivity (Wildman–Crippen MR) is 102 cm³/mol. The second-order valence-corrected chi connectivity index (χ2v) is 9.04. The minimum Gasteiger partial charge on any atom is -0.444 e. The smallest absolute Gasteiger partial charge is 0.410 e. The summed E-state index contributed by atoms with van der Waals surface area (Å²) in [5, 5.41) is 3.82. The molecule has 3 aliphatic rings. The number of hydrogen-bond acceptors (Lipinski definition) is 3. The van der Waals surface area contributed by atoms with Gasteiger partial charge in [0.1, 0.15) is 5.60 Å². The van der Waals surface area contributed by atoms with Crippen LogP contribution in [0.1, 0.15) is 78.6 Å². The van der Waals surface area contributed by atoms with Crippen LogP contribution in [0.15, 0.2) is 11.6 Å². The van der Waals surface area contributed by atoms with Crippen LogP contribution in [0.2, 0.25) is 0 Å². The number of carbonyl (C=O) groups excluding carboxylic acids is 1. The Morgan fingerprint density at radius 1 is 1.24 bits per heavy atom. The van der Waals surface area contributed by atoms with Gasteiger partial charge < -0.3 is 15.0 Å². The van der Waals surface area contributed by atoms with Gasteiger partial charge in [-0.3, -0.25) is 0 Å². The topological polar surface area (TPSA) is 41.6 Å². The lowest BCUT2D eigenvalue weighted by Crippen LogP contribution is -2.47. The van der Waals surface area contributed by atoms with Crippen LogP contribution in [0.4, 0.5) is 4.79 Å². The molecule has 142 valence electrons. The average molecular weight is 349 g/mol. The number of rotatable bonds is 5. The van der Waals surface area contributed by atoms with E-state index in [-0.39, 0.29) is 6.09 Å². The lowest BCUT2D eigenvalue weighted by Gasteiger charge is -2.34. The third-order valence-electron chi connectivity index (χ3n) is 5.98. The van der Waals surface area contributed by atoms with Crippen LogP contribution in [-0.4, -0.2) is 41.8 Å². The molecule has 1 saturated heterocycles. The van der Waals surface area contributed by atoms with Crippen LogP contribution < -0.4 is 5.32 Å². The first-order chi connectivity index (χ1) is 11.9. The van der Waals surface area contributed by atoms with Gasteiger partial charge in [0.05, 0.1) is 0 Å². The van der Waals surface area contributed by atoms with Gasteiger partial charge in [0.25, 0.3) is 0 Å². The number of carbonyl (C=O) groups is 1. The SMILES string of the molecule is CC(C)(C)OC(=O)N1CCCC1C1CCCC1NCCC1=CCCC1. The molecule has 1 N–H and O–H groups in total. The lowest BCUT2D eigenvalue weighted by molar-refractivity contribution is 0.0167. The second-order valence-electron chi connectivity index (χ2n) is 9.04. The summed E-state index contributed by atoms with van der Waals surface area (Å²) in [5.41, 5.74) is 1.23. The first-order valence-electron chi connectivity index (χ1n) is 10.3. The maximum Gasteiger partial charge on any atom is 0.410 e. The van der Waals surface area contributed by atoms with Gasteiger partial charge in [-0.15, -0.1) is 0 Å². The van der Waals surface area contributed by atoms with Gasteiger partial charge >= 0.3 is 6.09 Å². The maximum absolute atomic E-state index is 12.6. The molecular formula is C21H36N2O2. The van der Waals surface area contributed by atoms with E-state index in [0.717, 1.165) is 25.9 Å². The molecule has 0 spiro atoms. The van der Waals surface area contributed by atoms with Crippen molar-refractivity contribution in [1.82, 2.24) is 10.2 Å². The number of allylic oxidation sites excluding steroid dienone is 1.